The zero-order valence-corrected chi connectivity index (χ0v) is 43.7. The fourth-order valence-corrected chi connectivity index (χ4v) is 21.8. The number of anilines is 9. The van der Waals surface area contributed by atoms with Crippen molar-refractivity contribution in [1.82, 2.24) is 0 Å². The molecule has 0 radical (unpaired) electrons. The maximum atomic E-state index is 7.62. The highest BCUT2D eigenvalue weighted by atomic mass is 32.4. The molecule has 7 aliphatic heterocycles. The molecule has 344 valence electrons. The van der Waals surface area contributed by atoms with Gasteiger partial charge >= 0.3 is 0 Å². The van der Waals surface area contributed by atoms with Crippen molar-refractivity contribution in [3.63, 3.8) is 0 Å². The second-order valence-corrected chi connectivity index (χ2v) is 28.0. The molecular weight excluding hydrogens is 930 g/mol. The van der Waals surface area contributed by atoms with E-state index in [0.29, 0.717) is 17.8 Å². The van der Waals surface area contributed by atoms with Crippen LogP contribution in [0.25, 0.3) is 0 Å². The summed E-state index contributed by atoms with van der Waals surface area (Å²) in [5.41, 5.74) is 23.5. The minimum Gasteiger partial charge on any atom is -0.458 e. The molecule has 72 heavy (non-hydrogen) atoms. The summed E-state index contributed by atoms with van der Waals surface area (Å²) in [5, 5.41) is 8.12. The molecule has 0 bridgehead atoms. The van der Waals surface area contributed by atoms with Crippen molar-refractivity contribution in [3.8, 4) is 11.5 Å². The fraction of sp³-hybridized carbons (Fsp3) is 0.143. The van der Waals surface area contributed by atoms with Crippen LogP contribution in [0, 0.1) is 0 Å². The molecule has 7 heterocycles. The minimum absolute atomic E-state index is 0.0350. The summed E-state index contributed by atoms with van der Waals surface area (Å²) in [6.45, 7) is 14.1. The Labute approximate surface area is 429 Å². The monoisotopic (exact) mass is 979 g/mol. The molecule has 0 spiro atoms. The summed E-state index contributed by atoms with van der Waals surface area (Å²) >= 11 is 7.62. The number of nitrogens with zero attached hydrogens (tertiary/aromatic N) is 3. The van der Waals surface area contributed by atoms with Crippen LogP contribution in [-0.4, -0.2) is 13.4 Å². The highest BCUT2D eigenvalue weighted by Gasteiger charge is 2.58. The van der Waals surface area contributed by atoms with E-state index in [0.717, 1.165) is 11.5 Å². The number of rotatable bonds is 4. The van der Waals surface area contributed by atoms with Crippen molar-refractivity contribution in [2.45, 2.75) is 59.3 Å². The second-order valence-electron chi connectivity index (χ2n) is 21.7. The van der Waals surface area contributed by atoms with E-state index >= 15 is 0 Å². The Kier molecular flexibility index (Phi) is 8.47. The Hall–Kier alpha value is -6.61. The maximum Gasteiger partial charge on any atom is 0.252 e. The Bertz CT molecular complexity index is 3970. The van der Waals surface area contributed by atoms with Gasteiger partial charge in [-0.15, -0.1) is 0 Å². The molecule has 4 nitrogen and oxygen atoms in total. The molecule has 0 saturated carbocycles. The first-order valence-electron chi connectivity index (χ1n) is 25.8. The van der Waals surface area contributed by atoms with Crippen LogP contribution in [0.1, 0.15) is 76.0 Å². The van der Waals surface area contributed by atoms with Crippen molar-refractivity contribution in [3.05, 3.63) is 187 Å². The van der Waals surface area contributed by atoms with E-state index in [-0.39, 0.29) is 13.4 Å². The number of fused-ring (bicyclic) bond motifs is 20. The summed E-state index contributed by atoms with van der Waals surface area (Å²) < 4.78 is 7.32. The van der Waals surface area contributed by atoms with E-state index in [2.05, 4.69) is 226 Å². The molecule has 0 aliphatic carbocycles. The average Bonchev–Trinajstić information content (AvgIpc) is 3.41. The molecule has 0 N–H and O–H groups in total. The molecule has 0 aromatic heterocycles. The first-order chi connectivity index (χ1) is 35.1. The Morgan fingerprint density at radius 1 is 0.444 bits per heavy atom. The Balaban J connectivity index is 1.08. The molecule has 0 amide bonds. The number of hydrogen-bond donors (Lipinski definition) is 0. The molecule has 7 aliphatic rings. The third-order valence-corrected chi connectivity index (χ3v) is 24.5. The van der Waals surface area contributed by atoms with Crippen LogP contribution in [0.4, 0.5) is 51.2 Å². The Morgan fingerprint density at radius 2 is 0.958 bits per heavy atom. The van der Waals surface area contributed by atoms with Gasteiger partial charge in [-0.05, 0) is 106 Å². The van der Waals surface area contributed by atoms with Crippen LogP contribution in [0.5, 0.6) is 11.5 Å². The summed E-state index contributed by atoms with van der Waals surface area (Å²) in [5.74, 6) is 2.95. The van der Waals surface area contributed by atoms with E-state index in [9.17, 15) is 0 Å². The summed E-state index contributed by atoms with van der Waals surface area (Å²) in [4.78, 5) is 7.96. The molecule has 16 rings (SSSR count). The second kappa shape index (κ2) is 14.5. The molecule has 0 saturated heterocycles. The largest absolute Gasteiger partial charge is 0.458 e. The van der Waals surface area contributed by atoms with Gasteiger partial charge in [0.1, 0.15) is 11.5 Å². The van der Waals surface area contributed by atoms with Gasteiger partial charge in [0.15, 0.2) is 0 Å². The standard InChI is InChI=1S/C63H49B2N3OP2S/c1-35(2)38-31-39(36(3)4)57(40(32-38)37(5)6)65-42-20-8-14-26-51(42)69-52-34-50-43(33-44(52)65)64-41-19-7-9-21-45(41)66-48-24-12-17-29-55(48)71(72)56-30-18-13-25-49(56)67-46-22-10-15-27-53(46)70-54-28-16-11-23-47(54)68(50)59-58(64)60(66)63(71)61(67)62(59)70/h7-37H,1-6H3. The lowest BCUT2D eigenvalue weighted by Gasteiger charge is -2.56. The van der Waals surface area contributed by atoms with Crippen LogP contribution in [-0.2, 0) is 11.8 Å². The summed E-state index contributed by atoms with van der Waals surface area (Å²) in [7, 11) is -1.01. The van der Waals surface area contributed by atoms with Gasteiger partial charge < -0.3 is 19.4 Å². The fourth-order valence-electron chi connectivity index (χ4n) is 14.0. The van der Waals surface area contributed by atoms with Crippen LogP contribution >= 0.6 is 14.0 Å². The zero-order chi connectivity index (χ0) is 48.2. The molecule has 2 unspecified atom stereocenters. The van der Waals surface area contributed by atoms with E-state index < -0.39 is 14.0 Å². The molecule has 2 atom stereocenters. The molecule has 9 aromatic rings. The normalized spacial score (nSPS) is 17.9. The highest BCUT2D eigenvalue weighted by Crippen LogP contribution is 2.67. The van der Waals surface area contributed by atoms with Gasteiger partial charge in [-0.3, -0.25) is 0 Å². The zero-order valence-electron chi connectivity index (χ0n) is 41.1. The number of hydrogen-bond acceptors (Lipinski definition) is 5. The maximum absolute atomic E-state index is 7.62. The van der Waals surface area contributed by atoms with Gasteiger partial charge in [-0.25, -0.2) is 0 Å². The van der Waals surface area contributed by atoms with Gasteiger partial charge in [-0.1, -0.05) is 186 Å². The van der Waals surface area contributed by atoms with Crippen molar-refractivity contribution < 1.29 is 4.74 Å². The van der Waals surface area contributed by atoms with E-state index in [1.54, 1.807) is 0 Å². The average molecular weight is 980 g/mol. The lowest BCUT2D eigenvalue weighted by atomic mass is 9.30. The molecule has 0 fully saturated rings. The first kappa shape index (κ1) is 42.0. The quantitative estimate of drug-likeness (QED) is 0.129. The van der Waals surface area contributed by atoms with Crippen LogP contribution in [0.3, 0.4) is 0 Å². The van der Waals surface area contributed by atoms with Crippen LogP contribution in [0.15, 0.2) is 170 Å². The molecule has 9 heteroatoms. The van der Waals surface area contributed by atoms with E-state index in [1.807, 2.05) is 0 Å². The van der Waals surface area contributed by atoms with Crippen molar-refractivity contribution in [1.29, 1.82) is 0 Å². The predicted molar refractivity (Wildman–Crippen MR) is 314 cm³/mol. The van der Waals surface area contributed by atoms with Crippen molar-refractivity contribution in [2.24, 2.45) is 0 Å². The van der Waals surface area contributed by atoms with Gasteiger partial charge in [0.2, 0.25) is 0 Å². The smallest absolute Gasteiger partial charge is 0.252 e. The highest BCUT2D eigenvalue weighted by molar-refractivity contribution is 8.26. The van der Waals surface area contributed by atoms with Crippen LogP contribution in [0.2, 0.25) is 0 Å². The first-order valence-corrected chi connectivity index (χ1v) is 29.9. The third kappa shape index (κ3) is 5.03. The van der Waals surface area contributed by atoms with Gasteiger partial charge in [0.25, 0.3) is 13.4 Å². The number of para-hydroxylation sites is 6. The van der Waals surface area contributed by atoms with E-state index in [4.69, 9.17) is 16.5 Å². The van der Waals surface area contributed by atoms with Crippen molar-refractivity contribution >= 4 is 155 Å². The van der Waals surface area contributed by atoms with Gasteiger partial charge in [-0.2, -0.15) is 0 Å². The third-order valence-electron chi connectivity index (χ3n) is 17.0. The number of ether oxygens (including phenoxy) is 1. The predicted octanol–water partition coefficient (Wildman–Crippen LogP) is 10.00. The van der Waals surface area contributed by atoms with Crippen LogP contribution < -0.4 is 84.0 Å². The van der Waals surface area contributed by atoms with Gasteiger partial charge in [0.05, 0.1) is 39.8 Å². The Morgan fingerprint density at radius 3 is 1.58 bits per heavy atom. The topological polar surface area (TPSA) is 19.0 Å². The van der Waals surface area contributed by atoms with Crippen molar-refractivity contribution in [2.75, 3.05) is 14.7 Å². The summed E-state index contributed by atoms with van der Waals surface area (Å²) in [6, 6.07) is 62.5. The molecule has 9 aromatic carbocycles. The lowest BCUT2D eigenvalue weighted by Crippen LogP contribution is -2.67. The van der Waals surface area contributed by atoms with E-state index in [1.165, 1.54) is 132 Å². The number of benzene rings is 9. The SMILES string of the molecule is CC(C)c1cc(C(C)C)c(B2c3ccccc3Oc3cc4c(cc32)B2c3ccccc3N3c5ccccc5P5(=S)c6ccccc6N6c7ccccc7P7c8ccccc8N4c4c2c3c5c6c47)c(C(C)C)c1. The minimum atomic E-state index is -2.67. The molecular formula is C63H49B2N3OP2S. The summed E-state index contributed by atoms with van der Waals surface area (Å²) in [6.07, 6.45) is 0. The van der Waals surface area contributed by atoms with Gasteiger partial charge in [0, 0.05) is 55.3 Å². The lowest BCUT2D eigenvalue weighted by molar-refractivity contribution is 0.487.